The van der Waals surface area contributed by atoms with E-state index in [9.17, 15) is 4.39 Å². The topological polar surface area (TPSA) is 27.0 Å². The summed E-state index contributed by atoms with van der Waals surface area (Å²) in [5.41, 5.74) is 0.639. The predicted molar refractivity (Wildman–Crippen MR) is 69.6 cm³/mol. The Labute approximate surface area is 112 Å². The maximum atomic E-state index is 13.6. The van der Waals surface area contributed by atoms with E-state index in [1.54, 1.807) is 12.1 Å². The Kier molecular flexibility index (Phi) is 4.57. The molecule has 96 valence electrons. The Balaban J connectivity index is 2.00. The molecule has 0 saturated carbocycles. The molecule has 18 heavy (non-hydrogen) atoms. The minimum Gasteiger partial charge on any atom is -0.299 e. The molecule has 1 aliphatic heterocycles. The molecule has 0 amide bonds. The number of benzene rings is 1. The second-order valence-corrected chi connectivity index (χ2v) is 5.28. The highest BCUT2D eigenvalue weighted by molar-refractivity contribution is 6.30. The van der Waals surface area contributed by atoms with Gasteiger partial charge in [-0.3, -0.25) is 4.90 Å². The van der Waals surface area contributed by atoms with Gasteiger partial charge in [0.2, 0.25) is 0 Å². The Bertz CT molecular complexity index is 456. The molecule has 1 heterocycles. The minimum atomic E-state index is -0.207. The summed E-state index contributed by atoms with van der Waals surface area (Å²) in [4.78, 5) is 2.21. The third-order valence-electron chi connectivity index (χ3n) is 3.38. The van der Waals surface area contributed by atoms with Crippen LogP contribution in [-0.2, 0) is 6.54 Å². The summed E-state index contributed by atoms with van der Waals surface area (Å²) in [6.45, 7) is 2.42. The summed E-state index contributed by atoms with van der Waals surface area (Å²) in [5.74, 6) is 0.216. The summed E-state index contributed by atoms with van der Waals surface area (Å²) in [6, 6.07) is 6.88. The maximum Gasteiger partial charge on any atom is 0.127 e. The zero-order valence-corrected chi connectivity index (χ0v) is 11.0. The van der Waals surface area contributed by atoms with Gasteiger partial charge in [0, 0.05) is 30.1 Å². The second-order valence-electron chi connectivity index (χ2n) is 4.84. The monoisotopic (exact) mass is 266 g/mol. The molecule has 2 rings (SSSR count). The average molecular weight is 267 g/mol. The summed E-state index contributed by atoms with van der Waals surface area (Å²) >= 11 is 5.88. The molecule has 4 heteroatoms. The van der Waals surface area contributed by atoms with Crippen molar-refractivity contribution in [1.29, 1.82) is 5.26 Å². The molecule has 1 aromatic carbocycles. The number of hydrogen-bond donors (Lipinski definition) is 0. The highest BCUT2D eigenvalue weighted by Crippen LogP contribution is 2.22. The van der Waals surface area contributed by atoms with Crippen LogP contribution in [0.25, 0.3) is 0 Å². The van der Waals surface area contributed by atoms with Crippen LogP contribution < -0.4 is 0 Å². The molecular formula is C14H16ClFN2. The highest BCUT2D eigenvalue weighted by atomic mass is 35.5. The minimum absolute atomic E-state index is 0.207. The number of hydrogen-bond acceptors (Lipinski definition) is 2. The lowest BCUT2D eigenvalue weighted by Crippen LogP contribution is -2.35. The fraction of sp³-hybridized carbons (Fsp3) is 0.500. The maximum absolute atomic E-state index is 13.6. The molecule has 0 bridgehead atoms. The van der Waals surface area contributed by atoms with Crippen LogP contribution in [0.1, 0.15) is 24.8 Å². The number of piperidine rings is 1. The third kappa shape index (κ3) is 3.44. The lowest BCUT2D eigenvalue weighted by atomic mass is 9.95. The van der Waals surface area contributed by atoms with E-state index in [2.05, 4.69) is 11.0 Å². The van der Waals surface area contributed by atoms with Gasteiger partial charge in [0.05, 0.1) is 6.07 Å². The molecular weight excluding hydrogens is 251 g/mol. The summed E-state index contributed by atoms with van der Waals surface area (Å²) in [5, 5.41) is 9.30. The Morgan fingerprint density at radius 3 is 3.11 bits per heavy atom. The van der Waals surface area contributed by atoms with Gasteiger partial charge in [-0.05, 0) is 43.5 Å². The third-order valence-corrected chi connectivity index (χ3v) is 3.62. The van der Waals surface area contributed by atoms with Gasteiger partial charge in [-0.25, -0.2) is 4.39 Å². The molecule has 0 aliphatic carbocycles. The van der Waals surface area contributed by atoms with E-state index in [0.29, 0.717) is 29.5 Å². The zero-order chi connectivity index (χ0) is 13.0. The lowest BCUT2D eigenvalue weighted by molar-refractivity contribution is 0.167. The van der Waals surface area contributed by atoms with Gasteiger partial charge in [0.1, 0.15) is 5.82 Å². The molecule has 0 spiro atoms. The first-order valence-corrected chi connectivity index (χ1v) is 6.60. The SMILES string of the molecule is N#CCC1CCCN(Cc2cc(Cl)ccc2F)C1. The normalized spacial score (nSPS) is 20.6. The van der Waals surface area contributed by atoms with Crippen molar-refractivity contribution in [2.45, 2.75) is 25.8 Å². The molecule has 0 N–H and O–H groups in total. The summed E-state index contributed by atoms with van der Waals surface area (Å²) in [6.07, 6.45) is 2.77. The van der Waals surface area contributed by atoms with E-state index in [4.69, 9.17) is 16.9 Å². The van der Waals surface area contributed by atoms with Crippen LogP contribution in [0.2, 0.25) is 5.02 Å². The lowest BCUT2D eigenvalue weighted by Gasteiger charge is -2.31. The van der Waals surface area contributed by atoms with Crippen molar-refractivity contribution in [1.82, 2.24) is 4.90 Å². The Hall–Kier alpha value is -1.11. The van der Waals surface area contributed by atoms with Gasteiger partial charge in [-0.15, -0.1) is 0 Å². The van der Waals surface area contributed by atoms with Crippen LogP contribution in [0.5, 0.6) is 0 Å². The van der Waals surface area contributed by atoms with Crippen LogP contribution in [0, 0.1) is 23.1 Å². The average Bonchev–Trinajstić information content (AvgIpc) is 2.35. The van der Waals surface area contributed by atoms with Crippen LogP contribution in [-0.4, -0.2) is 18.0 Å². The number of likely N-dealkylation sites (tertiary alicyclic amines) is 1. The van der Waals surface area contributed by atoms with Crippen molar-refractivity contribution in [3.05, 3.63) is 34.6 Å². The zero-order valence-electron chi connectivity index (χ0n) is 10.2. The fourth-order valence-corrected chi connectivity index (χ4v) is 2.69. The Morgan fingerprint density at radius 1 is 1.50 bits per heavy atom. The van der Waals surface area contributed by atoms with Crippen LogP contribution in [0.15, 0.2) is 18.2 Å². The van der Waals surface area contributed by atoms with Gasteiger partial charge in [-0.2, -0.15) is 5.26 Å². The van der Waals surface area contributed by atoms with Gasteiger partial charge in [-0.1, -0.05) is 11.6 Å². The molecule has 1 atom stereocenters. The smallest absolute Gasteiger partial charge is 0.127 e. The van der Waals surface area contributed by atoms with Crippen molar-refractivity contribution >= 4 is 11.6 Å². The number of rotatable bonds is 3. The first-order chi connectivity index (χ1) is 8.69. The van der Waals surface area contributed by atoms with E-state index in [1.165, 1.54) is 6.07 Å². The molecule has 0 aromatic heterocycles. The molecule has 1 fully saturated rings. The van der Waals surface area contributed by atoms with E-state index >= 15 is 0 Å². The Morgan fingerprint density at radius 2 is 2.33 bits per heavy atom. The largest absolute Gasteiger partial charge is 0.299 e. The first kappa shape index (κ1) is 13.3. The van der Waals surface area contributed by atoms with E-state index in [0.717, 1.165) is 25.9 Å². The van der Waals surface area contributed by atoms with E-state index in [-0.39, 0.29) is 5.82 Å². The number of nitrogens with zero attached hydrogens (tertiary/aromatic N) is 2. The van der Waals surface area contributed by atoms with Crippen LogP contribution >= 0.6 is 11.6 Å². The van der Waals surface area contributed by atoms with E-state index in [1.807, 2.05) is 0 Å². The van der Waals surface area contributed by atoms with Gasteiger partial charge < -0.3 is 0 Å². The van der Waals surface area contributed by atoms with Gasteiger partial charge >= 0.3 is 0 Å². The molecule has 1 aromatic rings. The second kappa shape index (κ2) is 6.17. The van der Waals surface area contributed by atoms with Crippen LogP contribution in [0.3, 0.4) is 0 Å². The number of halogens is 2. The van der Waals surface area contributed by atoms with Crippen molar-refractivity contribution in [2.24, 2.45) is 5.92 Å². The number of nitriles is 1. The standard InChI is InChI=1S/C14H16ClFN2/c15-13-3-4-14(16)12(8-13)10-18-7-1-2-11(9-18)5-6-17/h3-4,8,11H,1-2,5,7,9-10H2. The van der Waals surface area contributed by atoms with Crippen molar-refractivity contribution in [3.8, 4) is 6.07 Å². The quantitative estimate of drug-likeness (QED) is 0.836. The molecule has 1 unspecified atom stereocenters. The van der Waals surface area contributed by atoms with Crippen LogP contribution in [0.4, 0.5) is 4.39 Å². The van der Waals surface area contributed by atoms with Crippen molar-refractivity contribution in [3.63, 3.8) is 0 Å². The predicted octanol–water partition coefficient (Wildman–Crippen LogP) is 3.60. The molecule has 1 saturated heterocycles. The molecule has 2 nitrogen and oxygen atoms in total. The van der Waals surface area contributed by atoms with Crippen molar-refractivity contribution in [2.75, 3.05) is 13.1 Å². The molecule has 0 radical (unpaired) electrons. The van der Waals surface area contributed by atoms with Gasteiger partial charge in [0.15, 0.2) is 0 Å². The summed E-state index contributed by atoms with van der Waals surface area (Å²) in [7, 11) is 0. The molecule has 1 aliphatic rings. The highest BCUT2D eigenvalue weighted by Gasteiger charge is 2.20. The fourth-order valence-electron chi connectivity index (χ4n) is 2.50. The summed E-state index contributed by atoms with van der Waals surface area (Å²) < 4.78 is 13.6. The van der Waals surface area contributed by atoms with Gasteiger partial charge in [0.25, 0.3) is 0 Å². The van der Waals surface area contributed by atoms with E-state index < -0.39 is 0 Å². The first-order valence-electron chi connectivity index (χ1n) is 6.22. The van der Waals surface area contributed by atoms with Crippen molar-refractivity contribution < 1.29 is 4.39 Å².